The predicted octanol–water partition coefficient (Wildman–Crippen LogP) is 7.92. The first-order chi connectivity index (χ1) is 15.5. The second-order valence-electron chi connectivity index (χ2n) is 9.40. The van der Waals surface area contributed by atoms with Gasteiger partial charge in [0.25, 0.3) is 5.91 Å². The molecule has 0 aromatic carbocycles. The minimum absolute atomic E-state index is 0.195. The van der Waals surface area contributed by atoms with Crippen LogP contribution < -0.4 is 5.32 Å². The SMILES string of the molecule is CCCCCCCCCCCCCCCCOC(=O)C(CC(C)C)NC(=O)c1cccs1. The molecule has 32 heavy (non-hydrogen) atoms. The van der Waals surface area contributed by atoms with Crippen LogP contribution in [-0.4, -0.2) is 24.5 Å². The molecule has 0 bridgehead atoms. The first-order valence-corrected chi connectivity index (χ1v) is 13.9. The van der Waals surface area contributed by atoms with Gasteiger partial charge in [-0.2, -0.15) is 0 Å². The van der Waals surface area contributed by atoms with E-state index >= 15 is 0 Å². The maximum absolute atomic E-state index is 12.5. The number of amides is 1. The van der Waals surface area contributed by atoms with Crippen LogP contribution in [0.1, 0.15) is 127 Å². The van der Waals surface area contributed by atoms with E-state index in [1.54, 1.807) is 6.07 Å². The zero-order chi connectivity index (χ0) is 23.4. The van der Waals surface area contributed by atoms with Crippen molar-refractivity contribution in [2.24, 2.45) is 5.92 Å². The zero-order valence-corrected chi connectivity index (χ0v) is 21.6. The minimum Gasteiger partial charge on any atom is -0.464 e. The maximum Gasteiger partial charge on any atom is 0.328 e. The van der Waals surface area contributed by atoms with Crippen LogP contribution >= 0.6 is 11.3 Å². The Kier molecular flexibility index (Phi) is 17.2. The average Bonchev–Trinajstić information content (AvgIpc) is 3.30. The Bertz CT molecular complexity index is 586. The van der Waals surface area contributed by atoms with Crippen LogP contribution in [0.15, 0.2) is 17.5 Å². The van der Waals surface area contributed by atoms with Crippen molar-refractivity contribution < 1.29 is 14.3 Å². The molecule has 0 saturated carbocycles. The van der Waals surface area contributed by atoms with E-state index in [1.807, 2.05) is 25.3 Å². The number of carbonyl (C=O) groups is 2. The van der Waals surface area contributed by atoms with E-state index in [2.05, 4.69) is 12.2 Å². The van der Waals surface area contributed by atoms with E-state index in [-0.39, 0.29) is 11.9 Å². The van der Waals surface area contributed by atoms with Gasteiger partial charge in [-0.1, -0.05) is 110 Å². The van der Waals surface area contributed by atoms with Gasteiger partial charge >= 0.3 is 5.97 Å². The fourth-order valence-electron chi connectivity index (χ4n) is 3.89. The third kappa shape index (κ3) is 14.7. The minimum atomic E-state index is -0.573. The molecule has 1 atom stereocenters. The molecule has 0 aliphatic heterocycles. The third-order valence-electron chi connectivity index (χ3n) is 5.78. The Morgan fingerprint density at radius 3 is 1.88 bits per heavy atom. The summed E-state index contributed by atoms with van der Waals surface area (Å²) in [6.07, 6.45) is 18.9. The quantitative estimate of drug-likeness (QED) is 0.157. The Balaban J connectivity index is 2.04. The molecule has 4 nitrogen and oxygen atoms in total. The standard InChI is InChI=1S/C27H47NO3S/c1-4-5-6-7-8-9-10-11-12-13-14-15-16-17-20-31-27(30)24(22-23(2)3)28-26(29)25-19-18-21-32-25/h18-19,21,23-24H,4-17,20,22H2,1-3H3,(H,28,29). The lowest BCUT2D eigenvalue weighted by Crippen LogP contribution is -2.42. The summed E-state index contributed by atoms with van der Waals surface area (Å²) in [6, 6.07) is 3.04. The van der Waals surface area contributed by atoms with Crippen molar-refractivity contribution in [3.8, 4) is 0 Å². The number of ether oxygens (including phenoxy) is 1. The predicted molar refractivity (Wildman–Crippen MR) is 136 cm³/mol. The summed E-state index contributed by atoms with van der Waals surface area (Å²) < 4.78 is 5.48. The lowest BCUT2D eigenvalue weighted by molar-refractivity contribution is -0.146. The number of hydrogen-bond acceptors (Lipinski definition) is 4. The van der Waals surface area contributed by atoms with Crippen LogP contribution in [0.5, 0.6) is 0 Å². The highest BCUT2D eigenvalue weighted by Crippen LogP contribution is 2.14. The number of rotatable bonds is 20. The summed E-state index contributed by atoms with van der Waals surface area (Å²) in [4.78, 5) is 25.4. The number of thiophene rings is 1. The Hall–Kier alpha value is -1.36. The fraction of sp³-hybridized carbons (Fsp3) is 0.778. The van der Waals surface area contributed by atoms with Crippen molar-refractivity contribution in [2.45, 2.75) is 123 Å². The van der Waals surface area contributed by atoms with Crippen LogP contribution in [0.2, 0.25) is 0 Å². The molecular formula is C27H47NO3S. The van der Waals surface area contributed by atoms with Crippen molar-refractivity contribution >= 4 is 23.2 Å². The molecule has 1 aromatic rings. The number of carbonyl (C=O) groups excluding carboxylic acids is 2. The van der Waals surface area contributed by atoms with Gasteiger partial charge in [0.1, 0.15) is 6.04 Å². The monoisotopic (exact) mass is 465 g/mol. The highest BCUT2D eigenvalue weighted by molar-refractivity contribution is 7.12. The van der Waals surface area contributed by atoms with Crippen molar-refractivity contribution in [1.82, 2.24) is 5.32 Å². The van der Waals surface area contributed by atoms with Crippen LogP contribution in [0.25, 0.3) is 0 Å². The molecule has 0 saturated heterocycles. The van der Waals surface area contributed by atoms with E-state index in [0.29, 0.717) is 23.8 Å². The van der Waals surface area contributed by atoms with Gasteiger partial charge in [0.05, 0.1) is 11.5 Å². The van der Waals surface area contributed by atoms with E-state index in [4.69, 9.17) is 4.74 Å². The van der Waals surface area contributed by atoms with Crippen molar-refractivity contribution in [1.29, 1.82) is 0 Å². The smallest absolute Gasteiger partial charge is 0.328 e. The van der Waals surface area contributed by atoms with E-state index < -0.39 is 6.04 Å². The van der Waals surface area contributed by atoms with Crippen molar-refractivity contribution in [2.75, 3.05) is 6.61 Å². The highest BCUT2D eigenvalue weighted by Gasteiger charge is 2.24. The van der Waals surface area contributed by atoms with E-state index in [1.165, 1.54) is 88.4 Å². The molecular weight excluding hydrogens is 418 g/mol. The molecule has 1 amide bonds. The van der Waals surface area contributed by atoms with Gasteiger partial charge < -0.3 is 10.1 Å². The molecule has 0 fully saturated rings. The molecule has 1 heterocycles. The molecule has 0 spiro atoms. The summed E-state index contributed by atoms with van der Waals surface area (Å²) in [5, 5.41) is 4.71. The second-order valence-corrected chi connectivity index (χ2v) is 10.3. The van der Waals surface area contributed by atoms with Crippen molar-refractivity contribution in [3.05, 3.63) is 22.4 Å². The van der Waals surface area contributed by atoms with Crippen LogP contribution in [0, 0.1) is 5.92 Å². The Morgan fingerprint density at radius 2 is 1.41 bits per heavy atom. The molecule has 1 unspecified atom stereocenters. The molecule has 0 aliphatic carbocycles. The van der Waals surface area contributed by atoms with Crippen LogP contribution in [0.3, 0.4) is 0 Å². The van der Waals surface area contributed by atoms with Gasteiger partial charge in [-0.25, -0.2) is 4.79 Å². The number of esters is 1. The first-order valence-electron chi connectivity index (χ1n) is 13.1. The fourth-order valence-corrected chi connectivity index (χ4v) is 4.52. The normalized spacial score (nSPS) is 12.1. The van der Waals surface area contributed by atoms with Gasteiger partial charge in [0.15, 0.2) is 0 Å². The number of unbranched alkanes of at least 4 members (excludes halogenated alkanes) is 13. The molecule has 0 radical (unpaired) electrons. The topological polar surface area (TPSA) is 55.4 Å². The summed E-state index contributed by atoms with van der Waals surface area (Å²) in [5.41, 5.74) is 0. The summed E-state index contributed by atoms with van der Waals surface area (Å²) in [6.45, 7) is 6.81. The highest BCUT2D eigenvalue weighted by atomic mass is 32.1. The summed E-state index contributed by atoms with van der Waals surface area (Å²) >= 11 is 1.38. The second kappa shape index (κ2) is 19.1. The van der Waals surface area contributed by atoms with Gasteiger partial charge in [0, 0.05) is 0 Å². The maximum atomic E-state index is 12.5. The van der Waals surface area contributed by atoms with Crippen LogP contribution in [0.4, 0.5) is 0 Å². The third-order valence-corrected chi connectivity index (χ3v) is 6.65. The molecule has 1 N–H and O–H groups in total. The molecule has 5 heteroatoms. The molecule has 184 valence electrons. The lowest BCUT2D eigenvalue weighted by Gasteiger charge is -2.19. The van der Waals surface area contributed by atoms with Gasteiger partial charge in [-0.15, -0.1) is 11.3 Å². The summed E-state index contributed by atoms with van der Waals surface area (Å²) in [5.74, 6) is -0.199. The lowest BCUT2D eigenvalue weighted by atomic mass is 10.0. The van der Waals surface area contributed by atoms with Crippen LogP contribution in [-0.2, 0) is 9.53 Å². The van der Waals surface area contributed by atoms with Crippen molar-refractivity contribution in [3.63, 3.8) is 0 Å². The van der Waals surface area contributed by atoms with E-state index in [0.717, 1.165) is 12.8 Å². The van der Waals surface area contributed by atoms with E-state index in [9.17, 15) is 9.59 Å². The molecule has 1 aromatic heterocycles. The molecule has 0 aliphatic rings. The van der Waals surface area contributed by atoms with Gasteiger partial charge in [-0.3, -0.25) is 4.79 Å². The largest absolute Gasteiger partial charge is 0.464 e. The van der Waals surface area contributed by atoms with Gasteiger partial charge in [0.2, 0.25) is 0 Å². The molecule has 1 rings (SSSR count). The Morgan fingerprint density at radius 1 is 0.875 bits per heavy atom. The zero-order valence-electron chi connectivity index (χ0n) is 20.8. The van der Waals surface area contributed by atoms with Gasteiger partial charge in [-0.05, 0) is 30.2 Å². The summed E-state index contributed by atoms with van der Waals surface area (Å²) in [7, 11) is 0. The Labute approximate surface area is 200 Å². The first kappa shape index (κ1) is 28.7. The average molecular weight is 466 g/mol. The number of hydrogen-bond donors (Lipinski definition) is 1. The number of nitrogens with one attached hydrogen (secondary N) is 1.